The van der Waals surface area contributed by atoms with Crippen molar-refractivity contribution in [2.75, 3.05) is 6.26 Å². The lowest BCUT2D eigenvalue weighted by Crippen LogP contribution is -1.98. The van der Waals surface area contributed by atoms with E-state index in [2.05, 4.69) is 0 Å². The van der Waals surface area contributed by atoms with Crippen LogP contribution in [0.2, 0.25) is 0 Å². The molecule has 0 heterocycles. The molecule has 0 saturated carbocycles. The number of sulfone groups is 1. The van der Waals surface area contributed by atoms with E-state index in [0.29, 0.717) is 0 Å². The van der Waals surface area contributed by atoms with E-state index in [4.69, 9.17) is 5.26 Å². The highest BCUT2D eigenvalue weighted by molar-refractivity contribution is 7.95. The molecule has 4 heteroatoms. The van der Waals surface area contributed by atoms with Gasteiger partial charge in [0.15, 0.2) is 9.84 Å². The summed E-state index contributed by atoms with van der Waals surface area (Å²) < 4.78 is 22.4. The largest absolute Gasteiger partial charge is 0.223 e. The summed E-state index contributed by atoms with van der Waals surface area (Å²) in [7, 11) is -3.43. The molecule has 0 amide bonds. The van der Waals surface area contributed by atoms with Crippen LogP contribution in [-0.4, -0.2) is 14.7 Å². The summed E-state index contributed by atoms with van der Waals surface area (Å²) in [6, 6.07) is 8.99. The Morgan fingerprint density at radius 1 is 1.40 bits per heavy atom. The molecule has 1 aromatic carbocycles. The van der Waals surface area contributed by atoms with Gasteiger partial charge in [0.05, 0.1) is 0 Å². The first-order valence-electron chi connectivity index (χ1n) is 4.32. The lowest BCUT2D eigenvalue weighted by molar-refractivity contribution is 0.609. The number of nitrogens with zero attached hydrogens (tertiary/aromatic N) is 1. The van der Waals surface area contributed by atoms with Gasteiger partial charge in [-0.15, -0.1) is 0 Å². The molecule has 0 aliphatic heterocycles. The first-order valence-corrected chi connectivity index (χ1v) is 6.22. The van der Waals surface area contributed by atoms with Crippen molar-refractivity contribution in [3.8, 4) is 6.07 Å². The van der Waals surface area contributed by atoms with E-state index in [-0.39, 0.29) is 4.91 Å². The topological polar surface area (TPSA) is 57.9 Å². The Morgan fingerprint density at radius 2 is 2.00 bits per heavy atom. The number of rotatable bonds is 2. The second-order valence-electron chi connectivity index (χ2n) is 3.25. The third-order valence-corrected chi connectivity index (χ3v) is 2.99. The van der Waals surface area contributed by atoms with Crippen molar-refractivity contribution in [2.45, 2.75) is 6.92 Å². The number of nitriles is 1. The summed E-state index contributed by atoms with van der Waals surface area (Å²) in [5, 5.41) is 8.72. The second-order valence-corrected chi connectivity index (χ2v) is 5.23. The molecular weight excluding hydrogens is 210 g/mol. The highest BCUT2D eigenvalue weighted by atomic mass is 32.2. The zero-order valence-electron chi connectivity index (χ0n) is 8.56. The van der Waals surface area contributed by atoms with Crippen LogP contribution in [0.15, 0.2) is 29.2 Å². The van der Waals surface area contributed by atoms with Gasteiger partial charge in [-0.3, -0.25) is 0 Å². The van der Waals surface area contributed by atoms with Gasteiger partial charge in [0.25, 0.3) is 0 Å². The number of allylic oxidation sites excluding steroid dienone is 1. The van der Waals surface area contributed by atoms with Gasteiger partial charge in [0.2, 0.25) is 0 Å². The first-order chi connectivity index (χ1) is 6.95. The molecule has 0 bridgehead atoms. The van der Waals surface area contributed by atoms with Crippen LogP contribution >= 0.6 is 0 Å². The number of aryl methyl sites for hydroxylation is 1. The Morgan fingerprint density at radius 3 is 2.47 bits per heavy atom. The molecule has 0 aliphatic carbocycles. The van der Waals surface area contributed by atoms with Gasteiger partial charge in [-0.1, -0.05) is 24.3 Å². The Hall–Kier alpha value is -1.60. The third-order valence-electron chi connectivity index (χ3n) is 1.98. The van der Waals surface area contributed by atoms with Crippen LogP contribution in [-0.2, 0) is 9.84 Å². The minimum absolute atomic E-state index is 0.211. The average molecular weight is 221 g/mol. The fourth-order valence-corrected chi connectivity index (χ4v) is 1.62. The summed E-state index contributed by atoms with van der Waals surface area (Å²) in [6.07, 6.45) is 2.42. The van der Waals surface area contributed by atoms with Crippen LogP contribution in [0.4, 0.5) is 0 Å². The molecule has 15 heavy (non-hydrogen) atoms. The highest BCUT2D eigenvalue weighted by Crippen LogP contribution is 2.14. The maximum absolute atomic E-state index is 11.2. The molecule has 1 aromatic rings. The maximum Gasteiger partial charge on any atom is 0.185 e. The Labute approximate surface area is 89.6 Å². The predicted molar refractivity (Wildman–Crippen MR) is 59.6 cm³/mol. The van der Waals surface area contributed by atoms with E-state index in [0.717, 1.165) is 17.4 Å². The van der Waals surface area contributed by atoms with Crippen LogP contribution in [0.1, 0.15) is 11.1 Å². The summed E-state index contributed by atoms with van der Waals surface area (Å²) in [5.41, 5.74) is 1.69. The Kier molecular flexibility index (Phi) is 3.28. The van der Waals surface area contributed by atoms with Crippen molar-refractivity contribution in [1.82, 2.24) is 0 Å². The van der Waals surface area contributed by atoms with Gasteiger partial charge in [0.1, 0.15) is 11.0 Å². The number of benzene rings is 1. The Balaban J connectivity index is 3.30. The van der Waals surface area contributed by atoms with Gasteiger partial charge in [0, 0.05) is 6.26 Å². The quantitative estimate of drug-likeness (QED) is 0.717. The standard InChI is InChI=1S/C11H11NO2S/c1-9-5-3-4-6-10(9)7-11(8-12)15(2,13)14/h3-7H,1-2H3. The van der Waals surface area contributed by atoms with Gasteiger partial charge in [-0.2, -0.15) is 5.26 Å². The van der Waals surface area contributed by atoms with Crippen LogP contribution in [0.3, 0.4) is 0 Å². The SMILES string of the molecule is Cc1ccccc1C=C(C#N)S(C)(=O)=O. The van der Waals surface area contributed by atoms with Crippen molar-refractivity contribution in [3.05, 3.63) is 40.3 Å². The van der Waals surface area contributed by atoms with Crippen molar-refractivity contribution >= 4 is 15.9 Å². The van der Waals surface area contributed by atoms with Crippen LogP contribution < -0.4 is 0 Å². The molecule has 3 nitrogen and oxygen atoms in total. The van der Waals surface area contributed by atoms with Gasteiger partial charge in [-0.05, 0) is 24.1 Å². The fraction of sp³-hybridized carbons (Fsp3) is 0.182. The minimum Gasteiger partial charge on any atom is -0.223 e. The van der Waals surface area contributed by atoms with Crippen molar-refractivity contribution < 1.29 is 8.42 Å². The monoisotopic (exact) mass is 221 g/mol. The lowest BCUT2D eigenvalue weighted by Gasteiger charge is -2.00. The molecule has 78 valence electrons. The van der Waals surface area contributed by atoms with E-state index < -0.39 is 9.84 Å². The van der Waals surface area contributed by atoms with Crippen molar-refractivity contribution in [2.24, 2.45) is 0 Å². The van der Waals surface area contributed by atoms with E-state index in [1.807, 2.05) is 19.1 Å². The van der Waals surface area contributed by atoms with Gasteiger partial charge >= 0.3 is 0 Å². The summed E-state index contributed by atoms with van der Waals surface area (Å²) >= 11 is 0. The number of hydrogen-bond acceptors (Lipinski definition) is 3. The Bertz CT molecular complexity index is 536. The molecule has 0 fully saturated rings. The van der Waals surface area contributed by atoms with Crippen LogP contribution in [0, 0.1) is 18.3 Å². The molecule has 0 N–H and O–H groups in total. The molecule has 0 aliphatic rings. The summed E-state index contributed by atoms with van der Waals surface area (Å²) in [4.78, 5) is -0.211. The van der Waals surface area contributed by atoms with E-state index in [9.17, 15) is 8.42 Å². The zero-order chi connectivity index (χ0) is 11.5. The molecule has 0 unspecified atom stereocenters. The maximum atomic E-state index is 11.2. The van der Waals surface area contributed by atoms with E-state index in [1.54, 1.807) is 18.2 Å². The summed E-state index contributed by atoms with van der Waals surface area (Å²) in [6.45, 7) is 1.86. The highest BCUT2D eigenvalue weighted by Gasteiger charge is 2.10. The first kappa shape index (κ1) is 11.5. The number of hydrogen-bond donors (Lipinski definition) is 0. The molecule has 0 aromatic heterocycles. The van der Waals surface area contributed by atoms with E-state index >= 15 is 0 Å². The average Bonchev–Trinajstić information content (AvgIpc) is 2.14. The third kappa shape index (κ3) is 2.93. The molecule has 0 radical (unpaired) electrons. The van der Waals surface area contributed by atoms with Crippen LogP contribution in [0.5, 0.6) is 0 Å². The molecule has 1 rings (SSSR count). The van der Waals surface area contributed by atoms with E-state index in [1.165, 1.54) is 6.08 Å². The fourth-order valence-electron chi connectivity index (χ4n) is 1.11. The van der Waals surface area contributed by atoms with Crippen molar-refractivity contribution in [1.29, 1.82) is 5.26 Å². The normalized spacial score (nSPS) is 12.2. The summed E-state index contributed by atoms with van der Waals surface area (Å²) in [5.74, 6) is 0. The predicted octanol–water partition coefficient (Wildman–Crippen LogP) is 1.90. The second kappa shape index (κ2) is 4.28. The zero-order valence-corrected chi connectivity index (χ0v) is 9.38. The smallest absolute Gasteiger partial charge is 0.185 e. The van der Waals surface area contributed by atoms with Crippen molar-refractivity contribution in [3.63, 3.8) is 0 Å². The van der Waals surface area contributed by atoms with Gasteiger partial charge < -0.3 is 0 Å². The van der Waals surface area contributed by atoms with Crippen LogP contribution in [0.25, 0.3) is 6.08 Å². The lowest BCUT2D eigenvalue weighted by atomic mass is 10.1. The molecule has 0 saturated heterocycles. The van der Waals surface area contributed by atoms with Gasteiger partial charge in [-0.25, -0.2) is 8.42 Å². The molecule has 0 atom stereocenters. The molecule has 0 spiro atoms. The minimum atomic E-state index is -3.43. The molecular formula is C11H11NO2S.